The smallest absolute Gasteiger partial charge is 0.337 e. The van der Waals surface area contributed by atoms with E-state index in [4.69, 9.17) is 5.11 Å². The van der Waals surface area contributed by atoms with Gasteiger partial charge in [0.25, 0.3) is 0 Å². The topological polar surface area (TPSA) is 74.7 Å². The third-order valence-electron chi connectivity index (χ3n) is 2.26. The van der Waals surface area contributed by atoms with E-state index in [0.29, 0.717) is 6.54 Å². The molecule has 0 aliphatic heterocycles. The van der Waals surface area contributed by atoms with E-state index in [0.717, 1.165) is 0 Å². The molecule has 1 aromatic rings. The Labute approximate surface area is 101 Å². The van der Waals surface area contributed by atoms with Crippen molar-refractivity contribution in [3.05, 3.63) is 29.8 Å². The highest BCUT2D eigenvalue weighted by Crippen LogP contribution is 2.17. The number of sulfone groups is 1. The second kappa shape index (κ2) is 5.29. The molecule has 0 aliphatic carbocycles. The monoisotopic (exact) mass is 257 g/mol. The van der Waals surface area contributed by atoms with E-state index in [-0.39, 0.29) is 16.2 Å². The lowest BCUT2D eigenvalue weighted by Crippen LogP contribution is -2.23. The van der Waals surface area contributed by atoms with Crippen LogP contribution in [0.5, 0.6) is 0 Å². The third kappa shape index (κ3) is 3.54. The molecule has 1 N–H and O–H groups in total. The molecule has 0 fully saturated rings. The molecule has 0 bridgehead atoms. The van der Waals surface area contributed by atoms with Gasteiger partial charge < -0.3 is 10.0 Å². The molecule has 0 saturated carbocycles. The summed E-state index contributed by atoms with van der Waals surface area (Å²) in [5.41, 5.74) is -0.175. The van der Waals surface area contributed by atoms with Gasteiger partial charge in [-0.2, -0.15) is 0 Å². The zero-order chi connectivity index (χ0) is 13.1. The molecule has 0 atom stereocenters. The van der Waals surface area contributed by atoms with Crippen molar-refractivity contribution >= 4 is 15.8 Å². The van der Waals surface area contributed by atoms with Gasteiger partial charge >= 0.3 is 5.97 Å². The van der Waals surface area contributed by atoms with Crippen LogP contribution in [0.25, 0.3) is 0 Å². The Hall–Kier alpha value is -1.40. The highest BCUT2D eigenvalue weighted by atomic mass is 32.2. The first-order valence-corrected chi connectivity index (χ1v) is 6.69. The standard InChI is InChI=1S/C11H15NO4S/c1-12(2)7-8-17(15,16)10-6-4-3-5-9(10)11(13)14/h3-6H,7-8H2,1-2H3,(H,13,14). The number of rotatable bonds is 5. The van der Waals surface area contributed by atoms with Crippen LogP contribution in [-0.2, 0) is 9.84 Å². The number of carboxylic acid groups (broad SMARTS) is 1. The Morgan fingerprint density at radius 3 is 2.41 bits per heavy atom. The lowest BCUT2D eigenvalue weighted by molar-refractivity contribution is 0.0692. The van der Waals surface area contributed by atoms with Gasteiger partial charge in [-0.05, 0) is 26.2 Å². The van der Waals surface area contributed by atoms with Crippen LogP contribution < -0.4 is 0 Å². The lowest BCUT2D eigenvalue weighted by atomic mass is 10.2. The number of carbonyl (C=O) groups is 1. The van der Waals surface area contributed by atoms with Crippen LogP contribution >= 0.6 is 0 Å². The number of aromatic carboxylic acids is 1. The van der Waals surface area contributed by atoms with Gasteiger partial charge in [-0.25, -0.2) is 13.2 Å². The van der Waals surface area contributed by atoms with Gasteiger partial charge in [-0.1, -0.05) is 12.1 Å². The largest absolute Gasteiger partial charge is 0.478 e. The van der Waals surface area contributed by atoms with Crippen LogP contribution in [0.2, 0.25) is 0 Å². The molecule has 5 nitrogen and oxygen atoms in total. The van der Waals surface area contributed by atoms with Gasteiger partial charge in [-0.3, -0.25) is 0 Å². The Morgan fingerprint density at radius 1 is 1.29 bits per heavy atom. The fourth-order valence-electron chi connectivity index (χ4n) is 1.33. The second-order valence-electron chi connectivity index (χ2n) is 3.92. The minimum Gasteiger partial charge on any atom is -0.478 e. The summed E-state index contributed by atoms with van der Waals surface area (Å²) < 4.78 is 23.9. The number of benzene rings is 1. The highest BCUT2D eigenvalue weighted by Gasteiger charge is 2.21. The summed E-state index contributed by atoms with van der Waals surface area (Å²) in [4.78, 5) is 12.6. The third-order valence-corrected chi connectivity index (χ3v) is 4.01. The molecule has 6 heteroatoms. The van der Waals surface area contributed by atoms with Crippen molar-refractivity contribution in [3.8, 4) is 0 Å². The number of hydrogen-bond acceptors (Lipinski definition) is 4. The summed E-state index contributed by atoms with van der Waals surface area (Å²) in [6.07, 6.45) is 0. The molecule has 1 rings (SSSR count). The van der Waals surface area contributed by atoms with E-state index in [1.165, 1.54) is 24.3 Å². The maximum Gasteiger partial charge on any atom is 0.337 e. The van der Waals surface area contributed by atoms with Gasteiger partial charge in [0.2, 0.25) is 0 Å². The molecule has 17 heavy (non-hydrogen) atoms. The Bertz CT molecular complexity index is 508. The zero-order valence-electron chi connectivity index (χ0n) is 9.75. The molecule has 0 aromatic heterocycles. The van der Waals surface area contributed by atoms with Crippen LogP contribution in [0, 0.1) is 0 Å². The van der Waals surface area contributed by atoms with E-state index < -0.39 is 15.8 Å². The van der Waals surface area contributed by atoms with Crippen molar-refractivity contribution in [2.45, 2.75) is 4.90 Å². The molecule has 94 valence electrons. The summed E-state index contributed by atoms with van der Waals surface area (Å²) in [6, 6.07) is 5.66. The molecule has 0 unspecified atom stereocenters. The van der Waals surface area contributed by atoms with Gasteiger partial charge in [0.1, 0.15) is 0 Å². The van der Waals surface area contributed by atoms with E-state index in [9.17, 15) is 13.2 Å². The summed E-state index contributed by atoms with van der Waals surface area (Å²) >= 11 is 0. The Balaban J connectivity index is 3.11. The molecule has 0 heterocycles. The van der Waals surface area contributed by atoms with Crippen molar-refractivity contribution in [2.24, 2.45) is 0 Å². The van der Waals surface area contributed by atoms with Crippen molar-refractivity contribution in [1.29, 1.82) is 0 Å². The van der Waals surface area contributed by atoms with Crippen LogP contribution in [0.15, 0.2) is 29.2 Å². The predicted octanol–water partition coefficient (Wildman–Crippen LogP) is 0.720. The second-order valence-corrected chi connectivity index (χ2v) is 6.00. The molecule has 1 aromatic carbocycles. The molecular weight excluding hydrogens is 242 g/mol. The van der Waals surface area contributed by atoms with Gasteiger partial charge in [0, 0.05) is 6.54 Å². The zero-order valence-corrected chi connectivity index (χ0v) is 10.6. The normalized spacial score (nSPS) is 11.7. The number of hydrogen-bond donors (Lipinski definition) is 1. The molecular formula is C11H15NO4S. The van der Waals surface area contributed by atoms with E-state index in [1.54, 1.807) is 19.0 Å². The molecule has 0 radical (unpaired) electrons. The average Bonchev–Trinajstić information content (AvgIpc) is 2.26. The van der Waals surface area contributed by atoms with E-state index in [2.05, 4.69) is 0 Å². The van der Waals surface area contributed by atoms with Crippen molar-refractivity contribution in [1.82, 2.24) is 4.90 Å². The molecule has 0 amide bonds. The summed E-state index contributed by atoms with van der Waals surface area (Å²) in [5, 5.41) is 8.93. The van der Waals surface area contributed by atoms with Gasteiger partial charge in [0.15, 0.2) is 9.84 Å². The first kappa shape index (κ1) is 13.7. The van der Waals surface area contributed by atoms with E-state index >= 15 is 0 Å². The summed E-state index contributed by atoms with van der Waals surface area (Å²) in [7, 11) is -0.0285. The predicted molar refractivity (Wildman–Crippen MR) is 64.0 cm³/mol. The van der Waals surface area contributed by atoms with Crippen molar-refractivity contribution in [2.75, 3.05) is 26.4 Å². The van der Waals surface area contributed by atoms with Crippen molar-refractivity contribution < 1.29 is 18.3 Å². The van der Waals surface area contributed by atoms with Crippen LogP contribution in [0.1, 0.15) is 10.4 Å². The first-order valence-electron chi connectivity index (χ1n) is 5.04. The van der Waals surface area contributed by atoms with E-state index in [1.807, 2.05) is 0 Å². The minimum atomic E-state index is -3.55. The Kier molecular flexibility index (Phi) is 4.25. The summed E-state index contributed by atoms with van der Waals surface area (Å²) in [5.74, 6) is -1.32. The van der Waals surface area contributed by atoms with Crippen LogP contribution in [-0.4, -0.2) is 50.8 Å². The van der Waals surface area contributed by atoms with Crippen LogP contribution in [0.3, 0.4) is 0 Å². The van der Waals surface area contributed by atoms with Gasteiger partial charge in [-0.15, -0.1) is 0 Å². The fourth-order valence-corrected chi connectivity index (χ4v) is 2.93. The minimum absolute atomic E-state index is 0.0930. The van der Waals surface area contributed by atoms with Gasteiger partial charge in [0.05, 0.1) is 16.2 Å². The first-order chi connectivity index (χ1) is 7.84. The SMILES string of the molecule is CN(C)CCS(=O)(=O)c1ccccc1C(=O)O. The van der Waals surface area contributed by atoms with Crippen molar-refractivity contribution in [3.63, 3.8) is 0 Å². The molecule has 0 spiro atoms. The average molecular weight is 257 g/mol. The number of carboxylic acids is 1. The molecule has 0 aliphatic rings. The summed E-state index contributed by atoms with van der Waals surface area (Å²) in [6.45, 7) is 0.357. The highest BCUT2D eigenvalue weighted by molar-refractivity contribution is 7.91. The fraction of sp³-hybridized carbons (Fsp3) is 0.364. The quantitative estimate of drug-likeness (QED) is 0.841. The maximum absolute atomic E-state index is 12.0. The maximum atomic E-state index is 12.0. The Morgan fingerprint density at radius 2 is 1.88 bits per heavy atom. The lowest BCUT2D eigenvalue weighted by Gasteiger charge is -2.11. The number of nitrogens with zero attached hydrogens (tertiary/aromatic N) is 1. The molecule has 0 saturated heterocycles. The van der Waals surface area contributed by atoms with Crippen LogP contribution in [0.4, 0.5) is 0 Å².